The van der Waals surface area contributed by atoms with E-state index in [2.05, 4.69) is 17.1 Å². The van der Waals surface area contributed by atoms with Crippen molar-refractivity contribution >= 4 is 0 Å². The van der Waals surface area contributed by atoms with Crippen LogP contribution in [0.5, 0.6) is 5.75 Å². The fraction of sp³-hybridized carbons (Fsp3) is 0.600. The van der Waals surface area contributed by atoms with E-state index in [1.165, 1.54) is 12.5 Å². The van der Waals surface area contributed by atoms with Crippen molar-refractivity contribution in [1.29, 1.82) is 0 Å². The van der Waals surface area contributed by atoms with Crippen LogP contribution in [0.2, 0.25) is 0 Å². The fourth-order valence-corrected chi connectivity index (χ4v) is 2.55. The summed E-state index contributed by atoms with van der Waals surface area (Å²) in [4.78, 5) is 2.45. The highest BCUT2D eigenvalue weighted by Crippen LogP contribution is 2.15. The summed E-state index contributed by atoms with van der Waals surface area (Å²) in [6.07, 6.45) is 2.33. The van der Waals surface area contributed by atoms with Crippen LogP contribution < -0.4 is 10.1 Å². The molecule has 1 unspecified atom stereocenters. The molecular weight excluding hydrogens is 243 g/mol. The Bertz CT molecular complexity index is 380. The Morgan fingerprint density at radius 2 is 2.21 bits per heavy atom. The van der Waals surface area contributed by atoms with Crippen molar-refractivity contribution in [2.75, 3.05) is 32.8 Å². The average molecular weight is 266 g/mol. The largest absolute Gasteiger partial charge is 0.489 e. The second-order valence-electron chi connectivity index (χ2n) is 4.96. The lowest BCUT2D eigenvalue weighted by molar-refractivity contribution is 0.165. The summed E-state index contributed by atoms with van der Waals surface area (Å²) in [6.45, 7) is 6.81. The Balaban J connectivity index is 1.80. The Hall–Kier alpha value is -1.13. The monoisotopic (exact) mass is 266 g/mol. The Kier molecular flexibility index (Phi) is 5.61. The molecule has 1 aromatic rings. The van der Waals surface area contributed by atoms with E-state index in [9.17, 15) is 4.39 Å². The van der Waals surface area contributed by atoms with Gasteiger partial charge < -0.3 is 10.1 Å². The van der Waals surface area contributed by atoms with E-state index in [0.29, 0.717) is 18.4 Å². The van der Waals surface area contributed by atoms with E-state index >= 15 is 0 Å². The van der Waals surface area contributed by atoms with Gasteiger partial charge in [-0.05, 0) is 38.1 Å². The smallest absolute Gasteiger partial charge is 0.165 e. The van der Waals surface area contributed by atoms with Crippen LogP contribution in [0.15, 0.2) is 24.3 Å². The summed E-state index contributed by atoms with van der Waals surface area (Å²) in [5, 5.41) is 3.39. The second kappa shape index (κ2) is 7.46. The lowest BCUT2D eigenvalue weighted by Gasteiger charge is -2.27. The number of nitrogens with one attached hydrogen (secondary N) is 1. The van der Waals surface area contributed by atoms with Crippen LogP contribution in [0, 0.1) is 5.82 Å². The molecule has 0 aromatic heterocycles. The molecule has 0 amide bonds. The first-order valence-electron chi connectivity index (χ1n) is 7.13. The Labute approximate surface area is 114 Å². The molecule has 2 rings (SSSR count). The SMILES string of the molecule is CCCN(CCOc1ccccc1F)C1CCNC1. The highest BCUT2D eigenvalue weighted by Gasteiger charge is 2.21. The predicted octanol–water partition coefficient (Wildman–Crippen LogP) is 2.28. The summed E-state index contributed by atoms with van der Waals surface area (Å²) < 4.78 is 19.0. The maximum absolute atomic E-state index is 13.4. The molecule has 1 atom stereocenters. The fourth-order valence-electron chi connectivity index (χ4n) is 2.55. The minimum Gasteiger partial charge on any atom is -0.489 e. The highest BCUT2D eigenvalue weighted by atomic mass is 19.1. The Morgan fingerprint density at radius 1 is 1.37 bits per heavy atom. The normalized spacial score (nSPS) is 19.0. The molecule has 1 fully saturated rings. The molecule has 1 aliphatic heterocycles. The molecule has 1 aliphatic rings. The van der Waals surface area contributed by atoms with Crippen LogP contribution >= 0.6 is 0 Å². The average Bonchev–Trinajstić information content (AvgIpc) is 2.94. The summed E-state index contributed by atoms with van der Waals surface area (Å²) in [5.74, 6) is 0.0653. The zero-order chi connectivity index (χ0) is 13.5. The molecule has 0 radical (unpaired) electrons. The molecule has 0 spiro atoms. The van der Waals surface area contributed by atoms with Crippen LogP contribution in [0.3, 0.4) is 0 Å². The molecular formula is C15H23FN2O. The van der Waals surface area contributed by atoms with Gasteiger partial charge >= 0.3 is 0 Å². The van der Waals surface area contributed by atoms with Crippen molar-refractivity contribution in [3.05, 3.63) is 30.1 Å². The van der Waals surface area contributed by atoms with Crippen molar-refractivity contribution in [1.82, 2.24) is 10.2 Å². The molecule has 4 heteroatoms. The van der Waals surface area contributed by atoms with Crippen molar-refractivity contribution in [2.45, 2.75) is 25.8 Å². The number of benzene rings is 1. The molecule has 0 bridgehead atoms. The van der Waals surface area contributed by atoms with E-state index in [1.54, 1.807) is 18.2 Å². The third-order valence-corrected chi connectivity index (χ3v) is 3.53. The van der Waals surface area contributed by atoms with Gasteiger partial charge in [0.25, 0.3) is 0 Å². The summed E-state index contributed by atoms with van der Waals surface area (Å²) in [5.41, 5.74) is 0. The first kappa shape index (κ1) is 14.3. The van der Waals surface area contributed by atoms with Gasteiger partial charge in [-0.3, -0.25) is 4.90 Å². The molecule has 3 nitrogen and oxygen atoms in total. The van der Waals surface area contributed by atoms with Crippen LogP contribution in [0.25, 0.3) is 0 Å². The predicted molar refractivity (Wildman–Crippen MR) is 75.0 cm³/mol. The van der Waals surface area contributed by atoms with Gasteiger partial charge in [-0.1, -0.05) is 19.1 Å². The van der Waals surface area contributed by atoms with Gasteiger partial charge in [-0.25, -0.2) is 4.39 Å². The molecule has 1 N–H and O–H groups in total. The molecule has 1 saturated heterocycles. The van der Waals surface area contributed by atoms with Gasteiger partial charge in [-0.15, -0.1) is 0 Å². The van der Waals surface area contributed by atoms with Crippen molar-refractivity contribution < 1.29 is 9.13 Å². The summed E-state index contributed by atoms with van der Waals surface area (Å²) in [6, 6.07) is 7.18. The van der Waals surface area contributed by atoms with Crippen LogP contribution in [-0.4, -0.2) is 43.7 Å². The molecule has 106 valence electrons. The minimum absolute atomic E-state index is 0.285. The number of nitrogens with zero attached hydrogens (tertiary/aromatic N) is 1. The van der Waals surface area contributed by atoms with Gasteiger partial charge in [0.15, 0.2) is 11.6 Å². The van der Waals surface area contributed by atoms with Gasteiger partial charge in [0.05, 0.1) is 0 Å². The van der Waals surface area contributed by atoms with E-state index in [4.69, 9.17) is 4.74 Å². The topological polar surface area (TPSA) is 24.5 Å². The van der Waals surface area contributed by atoms with Crippen LogP contribution in [0.1, 0.15) is 19.8 Å². The molecule has 19 heavy (non-hydrogen) atoms. The van der Waals surface area contributed by atoms with Gasteiger partial charge in [0.1, 0.15) is 6.61 Å². The number of hydrogen-bond donors (Lipinski definition) is 1. The number of ether oxygens (including phenoxy) is 1. The molecule has 1 heterocycles. The first-order valence-corrected chi connectivity index (χ1v) is 7.13. The maximum Gasteiger partial charge on any atom is 0.165 e. The van der Waals surface area contributed by atoms with E-state index in [-0.39, 0.29) is 5.82 Å². The molecule has 0 aliphatic carbocycles. The number of para-hydroxylation sites is 1. The lowest BCUT2D eigenvalue weighted by Crippen LogP contribution is -2.40. The second-order valence-corrected chi connectivity index (χ2v) is 4.96. The Morgan fingerprint density at radius 3 is 2.89 bits per heavy atom. The molecule has 1 aromatic carbocycles. The van der Waals surface area contributed by atoms with E-state index in [0.717, 1.165) is 32.6 Å². The molecule has 0 saturated carbocycles. The minimum atomic E-state index is -0.285. The zero-order valence-corrected chi connectivity index (χ0v) is 11.6. The highest BCUT2D eigenvalue weighted by molar-refractivity contribution is 5.23. The summed E-state index contributed by atoms with van der Waals surface area (Å²) in [7, 11) is 0. The van der Waals surface area contributed by atoms with E-state index < -0.39 is 0 Å². The van der Waals surface area contributed by atoms with Gasteiger partial charge in [0.2, 0.25) is 0 Å². The maximum atomic E-state index is 13.4. The van der Waals surface area contributed by atoms with Gasteiger partial charge in [0, 0.05) is 19.1 Å². The number of halogens is 1. The van der Waals surface area contributed by atoms with Crippen LogP contribution in [-0.2, 0) is 0 Å². The number of hydrogen-bond acceptors (Lipinski definition) is 3. The number of rotatable bonds is 7. The first-order chi connectivity index (χ1) is 9.31. The zero-order valence-electron chi connectivity index (χ0n) is 11.6. The third kappa shape index (κ3) is 4.18. The van der Waals surface area contributed by atoms with Gasteiger partial charge in [-0.2, -0.15) is 0 Å². The quantitative estimate of drug-likeness (QED) is 0.819. The van der Waals surface area contributed by atoms with Crippen molar-refractivity contribution in [3.8, 4) is 5.75 Å². The standard InChI is InChI=1S/C15H23FN2O/c1-2-9-18(13-7-8-17-12-13)10-11-19-15-6-4-3-5-14(15)16/h3-6,13,17H,2,7-12H2,1H3. The van der Waals surface area contributed by atoms with Crippen molar-refractivity contribution in [2.24, 2.45) is 0 Å². The van der Waals surface area contributed by atoms with Crippen molar-refractivity contribution in [3.63, 3.8) is 0 Å². The third-order valence-electron chi connectivity index (χ3n) is 3.53. The van der Waals surface area contributed by atoms with Crippen LogP contribution in [0.4, 0.5) is 4.39 Å². The van der Waals surface area contributed by atoms with E-state index in [1.807, 2.05) is 0 Å². The summed E-state index contributed by atoms with van der Waals surface area (Å²) >= 11 is 0. The lowest BCUT2D eigenvalue weighted by atomic mass is 10.2.